The number of nitrogens with one attached hydrogen (secondary N) is 1. The van der Waals surface area contributed by atoms with Gasteiger partial charge in [0.2, 0.25) is 5.91 Å². The summed E-state index contributed by atoms with van der Waals surface area (Å²) in [6.45, 7) is 2.46. The van der Waals surface area contributed by atoms with E-state index in [1.165, 1.54) is 4.90 Å². The standard InChI is InChI=1S/C25H26N2O4/c1-3-27(17-24(28)26-20-11-9-14-22(16-20)30-2)25(29)23-15-8-7-10-19(23)18-31-21-12-5-4-6-13-21/h4-16H,3,17-18H2,1-2H3,(H,26,28). The first kappa shape index (κ1) is 21.9. The van der Waals surface area contributed by atoms with Crippen LogP contribution in [0.2, 0.25) is 0 Å². The normalized spacial score (nSPS) is 10.3. The van der Waals surface area contributed by atoms with Gasteiger partial charge in [-0.2, -0.15) is 0 Å². The lowest BCUT2D eigenvalue weighted by atomic mass is 10.1. The SMILES string of the molecule is CCN(CC(=O)Nc1cccc(OC)c1)C(=O)c1ccccc1COc1ccccc1. The van der Waals surface area contributed by atoms with E-state index in [1.54, 1.807) is 37.4 Å². The average Bonchev–Trinajstić information content (AvgIpc) is 2.81. The number of anilines is 1. The summed E-state index contributed by atoms with van der Waals surface area (Å²) in [5, 5.41) is 2.81. The molecule has 0 saturated heterocycles. The molecule has 0 atom stereocenters. The van der Waals surface area contributed by atoms with Crippen molar-refractivity contribution >= 4 is 17.5 Å². The maximum absolute atomic E-state index is 13.2. The maximum atomic E-state index is 13.2. The van der Waals surface area contributed by atoms with Crippen LogP contribution < -0.4 is 14.8 Å². The molecule has 0 fully saturated rings. The predicted octanol–water partition coefficient (Wildman–Crippen LogP) is 4.38. The van der Waals surface area contributed by atoms with Crippen LogP contribution in [0.15, 0.2) is 78.9 Å². The van der Waals surface area contributed by atoms with Gasteiger partial charge < -0.3 is 19.7 Å². The van der Waals surface area contributed by atoms with E-state index in [0.29, 0.717) is 23.5 Å². The number of ether oxygens (including phenoxy) is 2. The number of rotatable bonds is 9. The van der Waals surface area contributed by atoms with E-state index in [4.69, 9.17) is 9.47 Å². The van der Waals surface area contributed by atoms with Gasteiger partial charge in [0.15, 0.2) is 0 Å². The molecule has 0 aromatic heterocycles. The molecule has 160 valence electrons. The first-order chi connectivity index (χ1) is 15.1. The van der Waals surface area contributed by atoms with E-state index in [0.717, 1.165) is 11.3 Å². The van der Waals surface area contributed by atoms with Crippen molar-refractivity contribution in [2.45, 2.75) is 13.5 Å². The Hall–Kier alpha value is -3.80. The molecular weight excluding hydrogens is 392 g/mol. The van der Waals surface area contributed by atoms with Gasteiger partial charge in [-0.05, 0) is 37.3 Å². The highest BCUT2D eigenvalue weighted by molar-refractivity contribution is 6.00. The number of hydrogen-bond donors (Lipinski definition) is 1. The van der Waals surface area contributed by atoms with Gasteiger partial charge in [0.1, 0.15) is 24.7 Å². The Morgan fingerprint density at radius 3 is 2.35 bits per heavy atom. The molecule has 31 heavy (non-hydrogen) atoms. The number of amides is 2. The number of carbonyl (C=O) groups excluding carboxylic acids is 2. The second-order valence-electron chi connectivity index (χ2n) is 6.86. The molecule has 3 rings (SSSR count). The number of benzene rings is 3. The Kier molecular flexibility index (Phi) is 7.65. The van der Waals surface area contributed by atoms with Gasteiger partial charge >= 0.3 is 0 Å². The minimum atomic E-state index is -0.276. The van der Waals surface area contributed by atoms with Crippen molar-refractivity contribution in [3.05, 3.63) is 90.0 Å². The zero-order chi connectivity index (χ0) is 22.1. The molecule has 0 spiro atoms. The summed E-state index contributed by atoms with van der Waals surface area (Å²) in [4.78, 5) is 27.2. The van der Waals surface area contributed by atoms with Crippen LogP contribution in [0, 0.1) is 0 Å². The molecule has 0 unspecified atom stereocenters. The van der Waals surface area contributed by atoms with E-state index < -0.39 is 0 Å². The summed E-state index contributed by atoms with van der Waals surface area (Å²) in [7, 11) is 1.57. The van der Waals surface area contributed by atoms with Crippen molar-refractivity contribution in [1.82, 2.24) is 4.90 Å². The first-order valence-corrected chi connectivity index (χ1v) is 10.1. The summed E-state index contributed by atoms with van der Waals surface area (Å²) in [6.07, 6.45) is 0. The van der Waals surface area contributed by atoms with E-state index in [1.807, 2.05) is 55.5 Å². The van der Waals surface area contributed by atoms with Gasteiger partial charge in [-0.25, -0.2) is 0 Å². The number of likely N-dealkylation sites (N-methyl/N-ethyl adjacent to an activating group) is 1. The highest BCUT2D eigenvalue weighted by Gasteiger charge is 2.20. The Balaban J connectivity index is 1.67. The Morgan fingerprint density at radius 2 is 1.61 bits per heavy atom. The van der Waals surface area contributed by atoms with E-state index in [9.17, 15) is 9.59 Å². The molecule has 0 aliphatic heterocycles. The van der Waals surface area contributed by atoms with Crippen LogP contribution in [0.5, 0.6) is 11.5 Å². The molecule has 3 aromatic rings. The third-order valence-electron chi connectivity index (χ3n) is 4.74. The number of para-hydroxylation sites is 1. The first-order valence-electron chi connectivity index (χ1n) is 10.1. The lowest BCUT2D eigenvalue weighted by Crippen LogP contribution is -2.38. The van der Waals surface area contributed by atoms with Gasteiger partial charge in [-0.3, -0.25) is 9.59 Å². The monoisotopic (exact) mass is 418 g/mol. The summed E-state index contributed by atoms with van der Waals surface area (Å²) in [5.41, 5.74) is 1.90. The fourth-order valence-corrected chi connectivity index (χ4v) is 3.10. The smallest absolute Gasteiger partial charge is 0.254 e. The molecular formula is C25H26N2O4. The molecule has 6 heteroatoms. The van der Waals surface area contributed by atoms with Crippen LogP contribution in [-0.2, 0) is 11.4 Å². The van der Waals surface area contributed by atoms with Gasteiger partial charge in [0.05, 0.1) is 7.11 Å². The molecule has 0 aliphatic rings. The van der Waals surface area contributed by atoms with Crippen LogP contribution in [0.4, 0.5) is 5.69 Å². The molecule has 0 aliphatic carbocycles. The van der Waals surface area contributed by atoms with Crippen molar-refractivity contribution in [1.29, 1.82) is 0 Å². The molecule has 0 heterocycles. The summed E-state index contributed by atoms with van der Waals surface area (Å²) in [6, 6.07) is 23.8. The molecule has 6 nitrogen and oxygen atoms in total. The van der Waals surface area contributed by atoms with Gasteiger partial charge in [0.25, 0.3) is 5.91 Å². The minimum absolute atomic E-state index is 0.0551. The average molecular weight is 418 g/mol. The molecule has 2 amide bonds. The highest BCUT2D eigenvalue weighted by atomic mass is 16.5. The van der Waals surface area contributed by atoms with Gasteiger partial charge in [-0.1, -0.05) is 42.5 Å². The Labute approximate surface area is 182 Å². The second kappa shape index (κ2) is 10.8. The quantitative estimate of drug-likeness (QED) is 0.560. The van der Waals surface area contributed by atoms with Crippen molar-refractivity contribution in [3.8, 4) is 11.5 Å². The summed E-state index contributed by atoms with van der Waals surface area (Å²) < 4.78 is 11.0. The largest absolute Gasteiger partial charge is 0.497 e. The van der Waals surface area contributed by atoms with Crippen LogP contribution in [-0.4, -0.2) is 36.9 Å². The van der Waals surface area contributed by atoms with Crippen LogP contribution in [0.1, 0.15) is 22.8 Å². The summed E-state index contributed by atoms with van der Waals surface area (Å²) >= 11 is 0. The Morgan fingerprint density at radius 1 is 0.903 bits per heavy atom. The van der Waals surface area contributed by atoms with E-state index >= 15 is 0 Å². The molecule has 3 aromatic carbocycles. The van der Waals surface area contributed by atoms with E-state index in [2.05, 4.69) is 5.32 Å². The minimum Gasteiger partial charge on any atom is -0.497 e. The fourth-order valence-electron chi connectivity index (χ4n) is 3.10. The number of hydrogen-bond acceptors (Lipinski definition) is 4. The zero-order valence-electron chi connectivity index (χ0n) is 17.7. The van der Waals surface area contributed by atoms with Crippen LogP contribution in [0.25, 0.3) is 0 Å². The van der Waals surface area contributed by atoms with E-state index in [-0.39, 0.29) is 25.0 Å². The maximum Gasteiger partial charge on any atom is 0.254 e. The van der Waals surface area contributed by atoms with Crippen molar-refractivity contribution in [3.63, 3.8) is 0 Å². The lowest BCUT2D eigenvalue weighted by molar-refractivity contribution is -0.116. The van der Waals surface area contributed by atoms with Gasteiger partial charge in [-0.15, -0.1) is 0 Å². The Bertz CT molecular complexity index is 1020. The van der Waals surface area contributed by atoms with Crippen LogP contribution in [0.3, 0.4) is 0 Å². The lowest BCUT2D eigenvalue weighted by Gasteiger charge is -2.22. The molecule has 0 saturated carbocycles. The fraction of sp³-hybridized carbons (Fsp3) is 0.200. The number of methoxy groups -OCH3 is 1. The topological polar surface area (TPSA) is 67.9 Å². The third kappa shape index (κ3) is 6.09. The molecule has 0 bridgehead atoms. The number of nitrogens with zero attached hydrogens (tertiary/aromatic N) is 1. The highest BCUT2D eigenvalue weighted by Crippen LogP contribution is 2.18. The summed E-state index contributed by atoms with van der Waals surface area (Å²) in [5.74, 6) is 0.889. The molecule has 0 radical (unpaired) electrons. The third-order valence-corrected chi connectivity index (χ3v) is 4.74. The second-order valence-corrected chi connectivity index (χ2v) is 6.86. The predicted molar refractivity (Wildman–Crippen MR) is 120 cm³/mol. The number of carbonyl (C=O) groups is 2. The van der Waals surface area contributed by atoms with Crippen LogP contribution >= 0.6 is 0 Å². The van der Waals surface area contributed by atoms with Crippen molar-refractivity contribution in [2.24, 2.45) is 0 Å². The van der Waals surface area contributed by atoms with Crippen molar-refractivity contribution in [2.75, 3.05) is 25.5 Å². The van der Waals surface area contributed by atoms with Gasteiger partial charge in [0, 0.05) is 29.4 Å². The zero-order valence-corrected chi connectivity index (χ0v) is 17.7. The van der Waals surface area contributed by atoms with Crippen molar-refractivity contribution < 1.29 is 19.1 Å². The molecule has 1 N–H and O–H groups in total.